The lowest BCUT2D eigenvalue weighted by Gasteiger charge is -1.95. The summed E-state index contributed by atoms with van der Waals surface area (Å²) >= 11 is 3.14. The average Bonchev–Trinajstić information content (AvgIpc) is 2.93. The first kappa shape index (κ1) is 10.5. The predicted molar refractivity (Wildman–Crippen MR) is 67.6 cm³/mol. The van der Waals surface area contributed by atoms with E-state index in [1.807, 2.05) is 12.3 Å². The van der Waals surface area contributed by atoms with Crippen LogP contribution in [0.5, 0.6) is 0 Å². The molecule has 3 heterocycles. The van der Waals surface area contributed by atoms with Crippen molar-refractivity contribution in [3.05, 3.63) is 24.9 Å². The molecule has 0 bridgehead atoms. The molecule has 1 N–H and O–H groups in total. The summed E-state index contributed by atoms with van der Waals surface area (Å²) in [5, 5.41) is 10.5. The van der Waals surface area contributed by atoms with Crippen molar-refractivity contribution in [2.45, 2.75) is 5.03 Å². The van der Waals surface area contributed by atoms with E-state index in [9.17, 15) is 5.21 Å². The molecule has 0 atom stereocenters. The Labute approximate surface area is 105 Å². The van der Waals surface area contributed by atoms with E-state index in [2.05, 4.69) is 15.0 Å². The fourth-order valence-corrected chi connectivity index (χ4v) is 3.38. The molecule has 5 nitrogen and oxygen atoms in total. The maximum absolute atomic E-state index is 9.58. The molecular weight excluding hydrogens is 256 g/mol. The Kier molecular flexibility index (Phi) is 2.49. The number of hydrogen-bond donors (Lipinski definition) is 1. The first-order valence-corrected chi connectivity index (χ1v) is 6.84. The lowest BCUT2D eigenvalue weighted by molar-refractivity contribution is 0.190. The van der Waals surface area contributed by atoms with E-state index in [4.69, 9.17) is 0 Å². The fourth-order valence-electron chi connectivity index (χ4n) is 1.57. The normalized spacial score (nSPS) is 11.1. The second-order valence-electron chi connectivity index (χ2n) is 3.33. The van der Waals surface area contributed by atoms with Crippen molar-refractivity contribution in [2.75, 3.05) is 6.26 Å². The molecule has 0 unspecified atom stereocenters. The molecule has 0 aliphatic carbocycles. The summed E-state index contributed by atoms with van der Waals surface area (Å²) in [4.78, 5) is 13.3. The minimum absolute atomic E-state index is 0.667. The van der Waals surface area contributed by atoms with Crippen molar-refractivity contribution in [1.29, 1.82) is 0 Å². The second kappa shape index (κ2) is 4.01. The topological polar surface area (TPSA) is 63.8 Å². The number of imidazole rings is 1. The van der Waals surface area contributed by atoms with Crippen molar-refractivity contribution >= 4 is 33.3 Å². The Morgan fingerprint density at radius 3 is 3.00 bits per heavy atom. The van der Waals surface area contributed by atoms with Crippen molar-refractivity contribution in [3.63, 3.8) is 0 Å². The van der Waals surface area contributed by atoms with Gasteiger partial charge in [0.1, 0.15) is 23.4 Å². The molecule has 7 heteroatoms. The lowest BCUT2D eigenvalue weighted by Crippen LogP contribution is -1.88. The first-order valence-electron chi connectivity index (χ1n) is 4.80. The van der Waals surface area contributed by atoms with Gasteiger partial charge in [0, 0.05) is 0 Å². The molecule has 0 radical (unpaired) electrons. The van der Waals surface area contributed by atoms with Crippen LogP contribution < -0.4 is 0 Å². The van der Waals surface area contributed by atoms with Gasteiger partial charge in [0.2, 0.25) is 0 Å². The number of aromatic nitrogens is 4. The van der Waals surface area contributed by atoms with E-state index in [0.29, 0.717) is 5.69 Å². The molecule has 3 rings (SSSR count). The smallest absolute Gasteiger partial charge is 0.132 e. The Bertz CT molecular complexity index is 676. The zero-order valence-electron chi connectivity index (χ0n) is 8.86. The lowest BCUT2D eigenvalue weighted by atomic mass is 10.3. The summed E-state index contributed by atoms with van der Waals surface area (Å²) in [5.74, 6) is 0. The number of nitrogens with zero attached hydrogens (tertiary/aromatic N) is 4. The van der Waals surface area contributed by atoms with E-state index < -0.39 is 0 Å². The van der Waals surface area contributed by atoms with Crippen molar-refractivity contribution < 1.29 is 5.21 Å². The molecule has 3 aromatic heterocycles. The van der Waals surface area contributed by atoms with E-state index in [1.54, 1.807) is 35.6 Å². The quantitative estimate of drug-likeness (QED) is 0.438. The Balaban J connectivity index is 2.24. The minimum Gasteiger partial charge on any atom is -0.427 e. The van der Waals surface area contributed by atoms with Gasteiger partial charge in [-0.3, -0.25) is 0 Å². The third kappa shape index (κ3) is 1.67. The molecule has 0 fully saturated rings. The summed E-state index contributed by atoms with van der Waals surface area (Å²) in [6, 6.07) is 1.94. The molecule has 0 saturated heterocycles. The van der Waals surface area contributed by atoms with Crippen LogP contribution in [0.1, 0.15) is 0 Å². The molecule has 86 valence electrons. The van der Waals surface area contributed by atoms with Gasteiger partial charge in [0.25, 0.3) is 0 Å². The van der Waals surface area contributed by atoms with Crippen LogP contribution in [0.4, 0.5) is 0 Å². The number of thiophene rings is 1. The third-order valence-corrected chi connectivity index (χ3v) is 4.32. The van der Waals surface area contributed by atoms with Gasteiger partial charge < -0.3 is 5.21 Å². The highest BCUT2D eigenvalue weighted by Crippen LogP contribution is 2.35. The van der Waals surface area contributed by atoms with Gasteiger partial charge in [-0.05, 0) is 12.3 Å². The predicted octanol–water partition coefficient (Wildman–Crippen LogP) is 2.51. The van der Waals surface area contributed by atoms with E-state index in [-0.39, 0.29) is 0 Å². The molecule has 0 spiro atoms. The number of fused-ring (bicyclic) bond motifs is 1. The highest BCUT2D eigenvalue weighted by molar-refractivity contribution is 7.98. The summed E-state index contributed by atoms with van der Waals surface area (Å²) in [6.45, 7) is 0. The number of hydrogen-bond acceptors (Lipinski definition) is 6. The zero-order chi connectivity index (χ0) is 11.8. The van der Waals surface area contributed by atoms with Crippen molar-refractivity contribution in [3.8, 4) is 10.6 Å². The maximum Gasteiger partial charge on any atom is 0.132 e. The number of rotatable bonds is 2. The second-order valence-corrected chi connectivity index (χ2v) is 5.18. The Morgan fingerprint density at radius 1 is 1.41 bits per heavy atom. The molecular formula is C10H8N4OS2. The van der Waals surface area contributed by atoms with Gasteiger partial charge in [0.05, 0.1) is 21.3 Å². The summed E-state index contributed by atoms with van der Waals surface area (Å²) < 4.78 is 2.05. The van der Waals surface area contributed by atoms with Crippen LogP contribution in [0.3, 0.4) is 0 Å². The van der Waals surface area contributed by atoms with Crippen molar-refractivity contribution in [2.24, 2.45) is 0 Å². The molecule has 0 aromatic carbocycles. The third-order valence-electron chi connectivity index (χ3n) is 2.34. The molecule has 3 aromatic rings. The van der Waals surface area contributed by atoms with Gasteiger partial charge in [-0.2, -0.15) is 4.73 Å². The van der Waals surface area contributed by atoms with E-state index >= 15 is 0 Å². The van der Waals surface area contributed by atoms with Crippen LogP contribution in [-0.2, 0) is 0 Å². The average molecular weight is 264 g/mol. The highest BCUT2D eigenvalue weighted by atomic mass is 32.2. The van der Waals surface area contributed by atoms with Gasteiger partial charge in [-0.25, -0.2) is 15.0 Å². The van der Waals surface area contributed by atoms with Crippen LogP contribution in [0.25, 0.3) is 20.8 Å². The van der Waals surface area contributed by atoms with Crippen LogP contribution >= 0.6 is 23.1 Å². The van der Waals surface area contributed by atoms with E-state index in [1.165, 1.54) is 6.33 Å². The monoisotopic (exact) mass is 264 g/mol. The van der Waals surface area contributed by atoms with Crippen molar-refractivity contribution in [1.82, 2.24) is 19.7 Å². The standard InChI is InChI=1S/C10H8N4OS2/c1-16-10-9-6(12-4-13-10)2-8(17-9)7-3-11-5-14(7)15/h2-5,15H,1H3. The molecule has 0 saturated carbocycles. The Morgan fingerprint density at radius 2 is 2.29 bits per heavy atom. The Hall–Kier alpha value is -1.60. The minimum atomic E-state index is 0.667. The van der Waals surface area contributed by atoms with Crippen LogP contribution in [0, 0.1) is 0 Å². The first-order chi connectivity index (χ1) is 8.29. The van der Waals surface area contributed by atoms with Gasteiger partial charge in [-0.1, -0.05) is 0 Å². The number of thioether (sulfide) groups is 1. The van der Waals surface area contributed by atoms with Gasteiger partial charge >= 0.3 is 0 Å². The van der Waals surface area contributed by atoms with Gasteiger partial charge in [-0.15, -0.1) is 23.1 Å². The molecule has 0 aliphatic heterocycles. The molecule has 0 amide bonds. The molecule has 17 heavy (non-hydrogen) atoms. The zero-order valence-corrected chi connectivity index (χ0v) is 10.5. The fraction of sp³-hybridized carbons (Fsp3) is 0.100. The highest BCUT2D eigenvalue weighted by Gasteiger charge is 2.12. The maximum atomic E-state index is 9.58. The summed E-state index contributed by atoms with van der Waals surface area (Å²) in [7, 11) is 0. The van der Waals surface area contributed by atoms with Crippen LogP contribution in [-0.4, -0.2) is 31.1 Å². The van der Waals surface area contributed by atoms with Crippen LogP contribution in [0.15, 0.2) is 29.9 Å². The summed E-state index contributed by atoms with van der Waals surface area (Å²) in [5.41, 5.74) is 1.56. The van der Waals surface area contributed by atoms with Gasteiger partial charge in [0.15, 0.2) is 0 Å². The molecule has 0 aliphatic rings. The summed E-state index contributed by atoms with van der Waals surface area (Å²) in [6.07, 6.45) is 6.52. The SMILES string of the molecule is CSc1ncnc2cc(-c3cncn3O)sc12. The van der Waals surface area contributed by atoms with Crippen LogP contribution in [0.2, 0.25) is 0 Å². The largest absolute Gasteiger partial charge is 0.427 e. The van der Waals surface area contributed by atoms with E-state index in [0.717, 1.165) is 24.9 Å².